The van der Waals surface area contributed by atoms with E-state index in [2.05, 4.69) is 32.1 Å². The summed E-state index contributed by atoms with van der Waals surface area (Å²) in [6, 6.07) is 4.02. The van der Waals surface area contributed by atoms with Crippen molar-refractivity contribution in [3.05, 3.63) is 46.2 Å². The molecule has 7 aliphatic rings. The van der Waals surface area contributed by atoms with E-state index in [1.54, 1.807) is 11.3 Å². The first-order valence-corrected chi connectivity index (χ1v) is 19.9. The van der Waals surface area contributed by atoms with E-state index >= 15 is 0 Å². The lowest BCUT2D eigenvalue weighted by Crippen LogP contribution is -2.67. The van der Waals surface area contributed by atoms with Crippen molar-refractivity contribution in [2.45, 2.75) is 109 Å². The van der Waals surface area contributed by atoms with Crippen molar-refractivity contribution in [1.29, 1.82) is 0 Å². The molecule has 0 saturated heterocycles. The second kappa shape index (κ2) is 10.6. The standard InChI is InChI=1S/C36H51NO5S2/c1-32-15-11-26(38)22-34(32)18-19-36(28(23-34)31(39)25-8-5-4-6-9-25)29(32)12-16-33(2)30(36)13-17-35(33,40)24-37(44(3,41)42)20-14-27-10-7-21-43-27/h7,10,18-19,21,23,25-26,29-30,38,40H,4-6,8-9,11-17,20,22,24H2,1-3H3. The number of aliphatic hydroxyl groups is 2. The van der Waals surface area contributed by atoms with Crippen molar-refractivity contribution in [3.63, 3.8) is 0 Å². The van der Waals surface area contributed by atoms with Crippen LogP contribution in [0.3, 0.4) is 0 Å². The van der Waals surface area contributed by atoms with Gasteiger partial charge in [-0.2, -0.15) is 4.31 Å². The van der Waals surface area contributed by atoms with Crippen LogP contribution in [-0.4, -0.2) is 59.8 Å². The first-order valence-electron chi connectivity index (χ1n) is 17.1. The van der Waals surface area contributed by atoms with Crippen molar-refractivity contribution in [1.82, 2.24) is 4.31 Å². The molecular weight excluding hydrogens is 591 g/mol. The number of ketones is 1. The molecule has 1 aromatic heterocycles. The zero-order valence-corrected chi connectivity index (χ0v) is 28.4. The van der Waals surface area contributed by atoms with Gasteiger partial charge in [0.2, 0.25) is 10.0 Å². The predicted octanol–water partition coefficient (Wildman–Crippen LogP) is 6.29. The van der Waals surface area contributed by atoms with Gasteiger partial charge in [-0.1, -0.05) is 57.4 Å². The van der Waals surface area contributed by atoms with E-state index in [1.807, 2.05) is 17.5 Å². The largest absolute Gasteiger partial charge is 0.393 e. The summed E-state index contributed by atoms with van der Waals surface area (Å²) in [7, 11) is -3.54. The number of fused-ring (bicyclic) bond motifs is 1. The highest BCUT2D eigenvalue weighted by molar-refractivity contribution is 7.88. The molecule has 44 heavy (non-hydrogen) atoms. The third-order valence-electron chi connectivity index (χ3n) is 14.0. The van der Waals surface area contributed by atoms with E-state index in [4.69, 9.17) is 0 Å². The maximum Gasteiger partial charge on any atom is 0.211 e. The number of Topliss-reactive ketones (excluding diaryl/α,β-unsaturated/α-hetero) is 1. The van der Waals surface area contributed by atoms with Gasteiger partial charge in [0.1, 0.15) is 0 Å². The van der Waals surface area contributed by atoms with Crippen molar-refractivity contribution in [3.8, 4) is 0 Å². The van der Waals surface area contributed by atoms with E-state index in [0.29, 0.717) is 31.6 Å². The van der Waals surface area contributed by atoms with Crippen molar-refractivity contribution < 1.29 is 23.4 Å². The smallest absolute Gasteiger partial charge is 0.211 e. The number of hydrogen-bond donors (Lipinski definition) is 2. The van der Waals surface area contributed by atoms with Crippen LogP contribution < -0.4 is 0 Å². The maximum absolute atomic E-state index is 14.7. The lowest BCUT2D eigenvalue weighted by molar-refractivity contribution is -0.177. The first kappa shape index (κ1) is 31.3. The van der Waals surface area contributed by atoms with Gasteiger partial charge in [0.05, 0.1) is 18.0 Å². The van der Waals surface area contributed by atoms with Crippen molar-refractivity contribution in [2.24, 2.45) is 39.4 Å². The minimum atomic E-state index is -3.54. The van der Waals surface area contributed by atoms with Gasteiger partial charge < -0.3 is 10.2 Å². The lowest BCUT2D eigenvalue weighted by atomic mass is 9.32. The molecule has 1 heterocycles. The van der Waals surface area contributed by atoms with Crippen LogP contribution in [0.4, 0.5) is 0 Å². The third kappa shape index (κ3) is 4.40. The average molecular weight is 642 g/mol. The number of carbonyl (C=O) groups excluding carboxylic acids is 1. The third-order valence-corrected chi connectivity index (χ3v) is 16.2. The SMILES string of the molecule is CC12CCC(O)CC13C=CC1(C(C(=O)C4CCCCC4)=C3)C2CCC2(C)C1CCC2(O)CN(CCc1cccs1)S(C)(=O)=O. The Morgan fingerprint density at radius 2 is 1.70 bits per heavy atom. The number of sulfonamides is 1. The summed E-state index contributed by atoms with van der Waals surface area (Å²) in [6.07, 6.45) is 19.3. The van der Waals surface area contributed by atoms with Gasteiger partial charge in [0, 0.05) is 45.7 Å². The first-order chi connectivity index (χ1) is 20.8. The molecular formula is C36H51NO5S2. The van der Waals surface area contributed by atoms with Gasteiger partial charge in [-0.25, -0.2) is 8.42 Å². The van der Waals surface area contributed by atoms with Gasteiger partial charge in [0.15, 0.2) is 5.78 Å². The van der Waals surface area contributed by atoms with E-state index in [-0.39, 0.29) is 41.2 Å². The summed E-state index contributed by atoms with van der Waals surface area (Å²) in [5.74, 6) is 0.689. The number of rotatable bonds is 8. The zero-order valence-electron chi connectivity index (χ0n) is 26.8. The van der Waals surface area contributed by atoms with Crippen LogP contribution in [0.1, 0.15) is 95.8 Å². The van der Waals surface area contributed by atoms with Crippen LogP contribution in [0, 0.1) is 39.4 Å². The number of thiophene rings is 1. The predicted molar refractivity (Wildman–Crippen MR) is 175 cm³/mol. The summed E-state index contributed by atoms with van der Waals surface area (Å²) in [4.78, 5) is 15.8. The van der Waals surface area contributed by atoms with E-state index in [9.17, 15) is 23.4 Å². The molecule has 8 rings (SSSR count). The van der Waals surface area contributed by atoms with Gasteiger partial charge >= 0.3 is 0 Å². The number of carbonyl (C=O) groups is 1. The Labute approximate surface area is 268 Å². The number of aliphatic hydroxyl groups excluding tert-OH is 1. The Morgan fingerprint density at radius 3 is 2.41 bits per heavy atom. The monoisotopic (exact) mass is 641 g/mol. The molecule has 4 saturated carbocycles. The van der Waals surface area contributed by atoms with Gasteiger partial charge in [0.25, 0.3) is 0 Å². The highest BCUT2D eigenvalue weighted by Gasteiger charge is 2.74. The Balaban J connectivity index is 1.28. The van der Waals surface area contributed by atoms with Gasteiger partial charge in [-0.3, -0.25) is 4.79 Å². The lowest BCUT2D eigenvalue weighted by Gasteiger charge is -2.71. The molecule has 7 aliphatic carbocycles. The molecule has 2 N–H and O–H groups in total. The molecule has 8 unspecified atom stereocenters. The summed E-state index contributed by atoms with van der Waals surface area (Å²) >= 11 is 1.63. The van der Waals surface area contributed by atoms with Gasteiger partial charge in [-0.15, -0.1) is 11.3 Å². The van der Waals surface area contributed by atoms with Crippen molar-refractivity contribution >= 4 is 27.1 Å². The number of hydrogen-bond acceptors (Lipinski definition) is 6. The summed E-state index contributed by atoms with van der Waals surface area (Å²) in [5.41, 5.74) is -1.57. The second-order valence-electron chi connectivity index (χ2n) is 15.9. The molecule has 0 aliphatic heterocycles. The van der Waals surface area contributed by atoms with Crippen LogP contribution >= 0.6 is 11.3 Å². The van der Waals surface area contributed by atoms with Crippen LogP contribution in [-0.2, 0) is 21.2 Å². The fraction of sp³-hybridized carbons (Fsp3) is 0.750. The normalized spacial score (nSPS) is 43.4. The maximum atomic E-state index is 14.7. The molecule has 2 spiro atoms. The minimum Gasteiger partial charge on any atom is -0.393 e. The molecule has 1 aromatic rings. The Bertz CT molecular complexity index is 1460. The van der Waals surface area contributed by atoms with Crippen LogP contribution in [0.2, 0.25) is 0 Å². The summed E-state index contributed by atoms with van der Waals surface area (Å²) < 4.78 is 27.7. The number of nitrogens with zero attached hydrogens (tertiary/aromatic N) is 1. The molecule has 0 aromatic carbocycles. The highest BCUT2D eigenvalue weighted by Crippen LogP contribution is 2.78. The molecule has 6 nitrogen and oxygen atoms in total. The molecule has 4 fully saturated rings. The Kier molecular flexibility index (Phi) is 7.54. The average Bonchev–Trinajstić information content (AvgIpc) is 3.60. The zero-order chi connectivity index (χ0) is 31.2. The van der Waals surface area contributed by atoms with Crippen LogP contribution in [0.5, 0.6) is 0 Å². The summed E-state index contributed by atoms with van der Waals surface area (Å²) in [5, 5.41) is 25.6. The topological polar surface area (TPSA) is 94.9 Å². The van der Waals surface area contributed by atoms with Gasteiger partial charge in [-0.05, 0) is 92.9 Å². The quantitative estimate of drug-likeness (QED) is 0.326. The molecule has 2 bridgehead atoms. The molecule has 242 valence electrons. The fourth-order valence-electron chi connectivity index (χ4n) is 11.5. The molecule has 0 radical (unpaired) electrons. The Hall–Kier alpha value is -1.32. The van der Waals surface area contributed by atoms with Crippen LogP contribution in [0.25, 0.3) is 0 Å². The van der Waals surface area contributed by atoms with E-state index in [0.717, 1.165) is 68.2 Å². The molecule has 8 atom stereocenters. The van der Waals surface area contributed by atoms with E-state index in [1.165, 1.54) is 17.0 Å². The second-order valence-corrected chi connectivity index (χ2v) is 19.0. The van der Waals surface area contributed by atoms with Crippen LogP contribution in [0.15, 0.2) is 41.3 Å². The van der Waals surface area contributed by atoms with Crippen molar-refractivity contribution in [2.75, 3.05) is 19.3 Å². The summed E-state index contributed by atoms with van der Waals surface area (Å²) in [6.45, 7) is 5.07. The fourth-order valence-corrected chi connectivity index (χ4v) is 13.1. The highest BCUT2D eigenvalue weighted by atomic mass is 32.2. The van der Waals surface area contributed by atoms with E-state index < -0.39 is 26.5 Å². The molecule has 0 amide bonds. The Morgan fingerprint density at radius 1 is 1.00 bits per heavy atom. The minimum absolute atomic E-state index is 0.0504. The number of allylic oxidation sites excluding steroid dienone is 4. The molecule has 8 heteroatoms.